The van der Waals surface area contributed by atoms with Gasteiger partial charge in [-0.15, -0.1) is 0 Å². The Morgan fingerprint density at radius 2 is 1.69 bits per heavy atom. The smallest absolute Gasteiger partial charge is 0.294 e. The first kappa shape index (κ1) is 23.1. The predicted octanol–water partition coefficient (Wildman–Crippen LogP) is 2.33. The number of rotatable bonds is 5. The minimum absolute atomic E-state index is 0.000644. The maximum Gasteiger partial charge on any atom is 0.294 e. The number of aromatic nitrogens is 1. The van der Waals surface area contributed by atoms with Gasteiger partial charge in [0.25, 0.3) is 17.6 Å². The summed E-state index contributed by atoms with van der Waals surface area (Å²) in [7, 11) is 1.56. The summed E-state index contributed by atoms with van der Waals surface area (Å²) in [6.07, 6.45) is -0.149. The van der Waals surface area contributed by atoms with Gasteiger partial charge in [-0.2, -0.15) is 0 Å². The summed E-state index contributed by atoms with van der Waals surface area (Å²) in [5, 5.41) is 5.15. The van der Waals surface area contributed by atoms with Crippen molar-refractivity contribution in [2.45, 2.75) is 46.1 Å². The van der Waals surface area contributed by atoms with Crippen LogP contribution in [0.1, 0.15) is 56.9 Å². The molecule has 32 heavy (non-hydrogen) atoms. The van der Waals surface area contributed by atoms with Crippen molar-refractivity contribution >= 4 is 34.9 Å². The van der Waals surface area contributed by atoms with Gasteiger partial charge in [0.1, 0.15) is 17.4 Å². The molecule has 0 radical (unpaired) electrons. The molecule has 168 valence electrons. The van der Waals surface area contributed by atoms with Crippen molar-refractivity contribution in [2.24, 2.45) is 7.05 Å². The van der Waals surface area contributed by atoms with E-state index in [1.165, 1.54) is 22.8 Å². The summed E-state index contributed by atoms with van der Waals surface area (Å²) >= 11 is 0. The van der Waals surface area contributed by atoms with E-state index < -0.39 is 29.5 Å². The normalized spacial score (nSPS) is 14.4. The average molecular weight is 441 g/mol. The Morgan fingerprint density at radius 3 is 2.28 bits per heavy atom. The Hall–Kier alpha value is -3.62. The van der Waals surface area contributed by atoms with Crippen LogP contribution in [0, 0.1) is 26.6 Å². The molecule has 1 saturated carbocycles. The maximum atomic E-state index is 13.5. The molecule has 9 heteroatoms. The van der Waals surface area contributed by atoms with Crippen LogP contribution in [0.15, 0.2) is 18.2 Å². The van der Waals surface area contributed by atoms with Crippen molar-refractivity contribution in [3.8, 4) is 0 Å². The third kappa shape index (κ3) is 4.51. The van der Waals surface area contributed by atoms with Crippen LogP contribution in [0.25, 0.3) is 0 Å². The number of hydrogen-bond donors (Lipinski definition) is 2. The lowest BCUT2D eigenvalue weighted by atomic mass is 9.93. The monoisotopic (exact) mass is 441 g/mol. The fourth-order valence-electron chi connectivity index (χ4n) is 4.00. The van der Waals surface area contributed by atoms with Crippen LogP contribution < -0.4 is 10.6 Å². The highest BCUT2D eigenvalue weighted by Crippen LogP contribution is 2.24. The van der Waals surface area contributed by atoms with E-state index in [0.717, 1.165) is 0 Å². The summed E-state index contributed by atoms with van der Waals surface area (Å²) in [6.45, 7) is 4.78. The molecule has 1 aromatic carbocycles. The zero-order valence-corrected chi connectivity index (χ0v) is 18.3. The molecule has 1 fully saturated rings. The Balaban J connectivity index is 1.83. The molecule has 0 spiro atoms. The quantitative estimate of drug-likeness (QED) is 0.420. The van der Waals surface area contributed by atoms with Crippen LogP contribution in [0.5, 0.6) is 0 Å². The molecule has 0 aliphatic heterocycles. The van der Waals surface area contributed by atoms with Crippen LogP contribution in [-0.4, -0.2) is 39.8 Å². The number of nitrogens with zero attached hydrogens (tertiary/aromatic N) is 1. The van der Waals surface area contributed by atoms with Gasteiger partial charge < -0.3 is 15.2 Å². The zero-order valence-electron chi connectivity index (χ0n) is 18.3. The van der Waals surface area contributed by atoms with E-state index in [1.807, 2.05) is 0 Å². The van der Waals surface area contributed by atoms with Gasteiger partial charge in [0.15, 0.2) is 0 Å². The predicted molar refractivity (Wildman–Crippen MR) is 114 cm³/mol. The number of carbonyl (C=O) groups is 5. The average Bonchev–Trinajstić information content (AvgIpc) is 2.92. The molecule has 1 heterocycles. The number of carbonyl (C=O) groups excluding carboxylic acids is 5. The second-order valence-corrected chi connectivity index (χ2v) is 8.07. The van der Waals surface area contributed by atoms with Crippen molar-refractivity contribution in [3.05, 3.63) is 52.1 Å². The highest BCUT2D eigenvalue weighted by atomic mass is 19.1. The summed E-state index contributed by atoms with van der Waals surface area (Å²) in [6, 6.07) is 3.45. The SMILES string of the molecule is Cc1cc(NC(=O)c2c(C)c(C(=O)C(=O)NC3CC(=O)CC(=O)C3)n(C)c2C)ccc1F. The third-order valence-electron chi connectivity index (χ3n) is 5.67. The number of Topliss-reactive ketones (excluding diaryl/α,β-unsaturated/α-hetero) is 3. The van der Waals surface area contributed by atoms with Gasteiger partial charge in [-0.1, -0.05) is 0 Å². The molecule has 2 amide bonds. The summed E-state index contributed by atoms with van der Waals surface area (Å²) in [5.74, 6) is -3.25. The highest BCUT2D eigenvalue weighted by molar-refractivity contribution is 6.43. The van der Waals surface area contributed by atoms with Crippen LogP contribution in [0.4, 0.5) is 10.1 Å². The molecule has 0 atom stereocenters. The minimum atomic E-state index is -0.942. The largest absolute Gasteiger partial charge is 0.346 e. The first-order valence-corrected chi connectivity index (χ1v) is 10.1. The minimum Gasteiger partial charge on any atom is -0.346 e. The number of nitrogens with one attached hydrogen (secondary N) is 2. The van der Waals surface area contributed by atoms with Crippen molar-refractivity contribution in [3.63, 3.8) is 0 Å². The fraction of sp³-hybridized carbons (Fsp3) is 0.348. The van der Waals surface area contributed by atoms with Gasteiger partial charge in [-0.05, 0) is 50.1 Å². The summed E-state index contributed by atoms with van der Waals surface area (Å²) in [4.78, 5) is 61.5. The molecule has 8 nitrogen and oxygen atoms in total. The molecule has 0 saturated heterocycles. The second-order valence-electron chi connectivity index (χ2n) is 8.07. The Labute approximate surface area is 184 Å². The van der Waals surface area contributed by atoms with Crippen LogP contribution >= 0.6 is 0 Å². The van der Waals surface area contributed by atoms with Gasteiger partial charge >= 0.3 is 0 Å². The van der Waals surface area contributed by atoms with Gasteiger partial charge in [0.2, 0.25) is 0 Å². The molecule has 1 aliphatic carbocycles. The molecule has 2 aromatic rings. The van der Waals surface area contributed by atoms with Gasteiger partial charge in [0.05, 0.1) is 17.7 Å². The molecular formula is C23H24FN3O5. The third-order valence-corrected chi connectivity index (χ3v) is 5.67. The topological polar surface area (TPSA) is 114 Å². The molecule has 1 aromatic heterocycles. The van der Waals surface area contributed by atoms with Crippen LogP contribution in [-0.2, 0) is 21.4 Å². The number of benzene rings is 1. The molecule has 0 bridgehead atoms. The number of ketones is 3. The summed E-state index contributed by atoms with van der Waals surface area (Å²) in [5.41, 5.74) is 1.82. The van der Waals surface area contributed by atoms with E-state index in [0.29, 0.717) is 22.5 Å². The van der Waals surface area contributed by atoms with E-state index in [2.05, 4.69) is 10.6 Å². The first-order valence-electron chi connectivity index (χ1n) is 10.1. The number of halogens is 1. The van der Waals surface area contributed by atoms with Gasteiger partial charge in [-0.3, -0.25) is 24.0 Å². The maximum absolute atomic E-state index is 13.5. The van der Waals surface area contributed by atoms with Crippen LogP contribution in [0.3, 0.4) is 0 Å². The first-order chi connectivity index (χ1) is 15.0. The van der Waals surface area contributed by atoms with E-state index in [1.54, 1.807) is 27.8 Å². The fourth-order valence-corrected chi connectivity index (χ4v) is 4.00. The van der Waals surface area contributed by atoms with Crippen molar-refractivity contribution in [1.82, 2.24) is 9.88 Å². The molecule has 0 unspecified atom stereocenters. The summed E-state index contributed by atoms with van der Waals surface area (Å²) < 4.78 is 14.9. The lowest BCUT2D eigenvalue weighted by molar-refractivity contribution is -0.130. The van der Waals surface area contributed by atoms with Crippen molar-refractivity contribution < 1.29 is 28.4 Å². The van der Waals surface area contributed by atoms with E-state index in [-0.39, 0.29) is 42.1 Å². The second kappa shape index (κ2) is 8.86. The van der Waals surface area contributed by atoms with E-state index in [9.17, 15) is 28.4 Å². The lowest BCUT2D eigenvalue weighted by Gasteiger charge is -2.21. The highest BCUT2D eigenvalue weighted by Gasteiger charge is 2.32. The molecule has 2 N–H and O–H groups in total. The van der Waals surface area contributed by atoms with Gasteiger partial charge in [-0.25, -0.2) is 4.39 Å². The zero-order chi connectivity index (χ0) is 23.7. The number of aryl methyl sites for hydroxylation is 1. The van der Waals surface area contributed by atoms with Crippen LogP contribution in [0.2, 0.25) is 0 Å². The van der Waals surface area contributed by atoms with E-state index >= 15 is 0 Å². The van der Waals surface area contributed by atoms with Crippen molar-refractivity contribution in [1.29, 1.82) is 0 Å². The standard InChI is InChI=1S/C23H24FN3O5/c1-11-7-14(5-6-18(11)24)25-22(31)19-12(2)20(27(4)13(19)3)21(30)23(32)26-15-8-16(28)10-17(29)9-15/h5-7,15H,8-10H2,1-4H3,(H,25,31)(H,26,32). The molecule has 3 rings (SSSR count). The number of amides is 2. The number of anilines is 1. The lowest BCUT2D eigenvalue weighted by Crippen LogP contribution is -2.44. The Bertz CT molecular complexity index is 1150. The Kier molecular flexibility index (Phi) is 6.38. The molecular weight excluding hydrogens is 417 g/mol. The van der Waals surface area contributed by atoms with Gasteiger partial charge in [0, 0.05) is 37.3 Å². The number of hydrogen-bond acceptors (Lipinski definition) is 5. The van der Waals surface area contributed by atoms with E-state index in [4.69, 9.17) is 0 Å². The Morgan fingerprint density at radius 1 is 1.06 bits per heavy atom. The molecule has 1 aliphatic rings. The van der Waals surface area contributed by atoms with Crippen molar-refractivity contribution in [2.75, 3.05) is 5.32 Å².